The Labute approximate surface area is 638 Å². The SMILES string of the molecule is CCCCCCC(CCCC)C(=O)OCCCCSSCCN(CCCN(C)CCCN(CCSSCCCCOC(=O)C(CCCC)CCCCCC)CCSSCCCCOC(=O)C(CCCC)CCCCCC)CCSSCCCCOC(=O)C(CCCC)CCCCCC. The van der Waals surface area contributed by atoms with Crippen LogP contribution in [0.15, 0.2) is 0 Å². The Morgan fingerprint density at radius 2 is 0.449 bits per heavy atom. The second-order valence-corrected chi connectivity index (χ2v) is 38.3. The highest BCUT2D eigenvalue weighted by Gasteiger charge is 2.23. The predicted molar refractivity (Wildman–Crippen MR) is 447 cm³/mol. The average Bonchev–Trinajstić information content (AvgIpc) is 2.18. The molecular formula is C79H155N3O8S8. The standard InChI is InChI=1S/C79H155N3O8S8/c1-10-18-26-30-48-72(44-22-14-5)76(83)87-60-34-38-64-91-95-68-56-81(57-69-96-92-65-39-35-61-88-77(84)73(45-23-15-6)49-31-27-19-11-2)54-42-52-80(9)53-43-55-82(58-70-97-93-66-40-36-62-89-78(85)74(46-24-16-7)50-32-28-20-12-3)59-71-98-94-67-41-37-63-90-79(86)75(47-25-17-8)51-33-29-21-13-4/h72-75H,10-71H2,1-9H3. The minimum atomic E-state index is 0.0364. The van der Waals surface area contributed by atoms with Crippen LogP contribution in [0, 0.1) is 23.7 Å². The Morgan fingerprint density at radius 3 is 0.673 bits per heavy atom. The zero-order valence-corrected chi connectivity index (χ0v) is 71.6. The highest BCUT2D eigenvalue weighted by Crippen LogP contribution is 2.29. The van der Waals surface area contributed by atoms with Crippen molar-refractivity contribution in [1.82, 2.24) is 14.7 Å². The molecule has 0 aromatic carbocycles. The monoisotopic (exact) mass is 1530 g/mol. The van der Waals surface area contributed by atoms with Gasteiger partial charge in [0, 0.05) is 72.2 Å². The van der Waals surface area contributed by atoms with Gasteiger partial charge in [0.15, 0.2) is 0 Å². The van der Waals surface area contributed by atoms with Crippen molar-refractivity contribution in [3.8, 4) is 0 Å². The molecule has 0 rings (SSSR count). The van der Waals surface area contributed by atoms with E-state index < -0.39 is 0 Å². The quantitative estimate of drug-likeness (QED) is 0.0249. The molecule has 0 saturated carbocycles. The lowest BCUT2D eigenvalue weighted by Gasteiger charge is -2.25. The highest BCUT2D eigenvalue weighted by molar-refractivity contribution is 8.77. The molecule has 0 spiro atoms. The lowest BCUT2D eigenvalue weighted by molar-refractivity contribution is -0.150. The maximum Gasteiger partial charge on any atom is 0.308 e. The van der Waals surface area contributed by atoms with Crippen LogP contribution in [-0.2, 0) is 38.1 Å². The molecule has 11 nitrogen and oxygen atoms in total. The fourth-order valence-corrected chi connectivity index (χ4v) is 20.6. The van der Waals surface area contributed by atoms with E-state index in [0.717, 1.165) is 291 Å². The smallest absolute Gasteiger partial charge is 0.308 e. The first-order valence-electron chi connectivity index (χ1n) is 40.8. The van der Waals surface area contributed by atoms with Crippen LogP contribution in [0.3, 0.4) is 0 Å². The Bertz CT molecular complexity index is 1500. The summed E-state index contributed by atoms with van der Waals surface area (Å²) in [6, 6.07) is 0. The summed E-state index contributed by atoms with van der Waals surface area (Å²) in [6.45, 7) is 28.7. The van der Waals surface area contributed by atoms with Crippen LogP contribution in [0.4, 0.5) is 0 Å². The molecule has 0 bridgehead atoms. The van der Waals surface area contributed by atoms with Crippen LogP contribution < -0.4 is 0 Å². The zero-order valence-electron chi connectivity index (χ0n) is 65.0. The normalized spacial score (nSPS) is 13.0. The van der Waals surface area contributed by atoms with Crippen LogP contribution in [0.5, 0.6) is 0 Å². The van der Waals surface area contributed by atoms with E-state index in [1.165, 1.54) is 77.0 Å². The van der Waals surface area contributed by atoms with Crippen molar-refractivity contribution in [3.05, 3.63) is 0 Å². The van der Waals surface area contributed by atoms with Gasteiger partial charge in [0.2, 0.25) is 0 Å². The van der Waals surface area contributed by atoms with Gasteiger partial charge in [-0.15, -0.1) is 0 Å². The van der Waals surface area contributed by atoms with E-state index in [9.17, 15) is 19.2 Å². The number of rotatable bonds is 80. The maximum absolute atomic E-state index is 13.0. The second-order valence-electron chi connectivity index (χ2n) is 27.5. The van der Waals surface area contributed by atoms with Crippen LogP contribution in [0.25, 0.3) is 0 Å². The summed E-state index contributed by atoms with van der Waals surface area (Å²) < 4.78 is 23.3. The third-order valence-corrected chi connectivity index (χ3v) is 28.3. The van der Waals surface area contributed by atoms with E-state index in [1.54, 1.807) is 0 Å². The van der Waals surface area contributed by atoms with Crippen molar-refractivity contribution in [3.63, 3.8) is 0 Å². The van der Waals surface area contributed by atoms with Gasteiger partial charge in [-0.1, -0.05) is 296 Å². The maximum atomic E-state index is 13.0. The van der Waals surface area contributed by atoms with E-state index in [0.29, 0.717) is 26.4 Å². The van der Waals surface area contributed by atoms with E-state index in [4.69, 9.17) is 18.9 Å². The summed E-state index contributed by atoms with van der Waals surface area (Å²) in [5.41, 5.74) is 0. The highest BCUT2D eigenvalue weighted by atomic mass is 33.1. The van der Waals surface area contributed by atoms with Gasteiger partial charge in [-0.3, -0.25) is 19.2 Å². The molecule has 582 valence electrons. The molecule has 0 aliphatic carbocycles. The Morgan fingerprint density at radius 1 is 0.235 bits per heavy atom. The minimum Gasteiger partial charge on any atom is -0.465 e. The molecule has 0 heterocycles. The number of hydrogen-bond donors (Lipinski definition) is 0. The van der Waals surface area contributed by atoms with Gasteiger partial charge < -0.3 is 33.6 Å². The third-order valence-electron chi connectivity index (χ3n) is 18.4. The fourth-order valence-electron chi connectivity index (χ4n) is 11.9. The van der Waals surface area contributed by atoms with E-state index in [1.807, 2.05) is 86.4 Å². The second kappa shape index (κ2) is 78.6. The molecule has 0 amide bonds. The number of esters is 4. The lowest BCUT2D eigenvalue weighted by atomic mass is 9.95. The van der Waals surface area contributed by atoms with E-state index in [-0.39, 0.29) is 47.5 Å². The van der Waals surface area contributed by atoms with Crippen LogP contribution in [0.2, 0.25) is 0 Å². The molecular weight excluding hydrogens is 1380 g/mol. The first-order chi connectivity index (χ1) is 48.0. The van der Waals surface area contributed by atoms with Crippen LogP contribution >= 0.6 is 86.4 Å². The largest absolute Gasteiger partial charge is 0.465 e. The van der Waals surface area contributed by atoms with Crippen molar-refractivity contribution in [2.45, 2.75) is 325 Å². The Balaban J connectivity index is 5.39. The Hall–Kier alpha value is 0.560. The number of carbonyl (C=O) groups excluding carboxylic acids is 4. The van der Waals surface area contributed by atoms with Gasteiger partial charge in [0.25, 0.3) is 0 Å². The van der Waals surface area contributed by atoms with Crippen molar-refractivity contribution in [2.75, 3.05) is 132 Å². The summed E-state index contributed by atoms with van der Waals surface area (Å²) in [5.74, 6) is 9.20. The van der Waals surface area contributed by atoms with Gasteiger partial charge in [-0.25, -0.2) is 0 Å². The van der Waals surface area contributed by atoms with Crippen LogP contribution in [0.1, 0.15) is 325 Å². The summed E-state index contributed by atoms with van der Waals surface area (Å²) in [5, 5.41) is 0. The van der Waals surface area contributed by atoms with Crippen molar-refractivity contribution < 1.29 is 38.1 Å². The van der Waals surface area contributed by atoms with E-state index in [2.05, 4.69) is 77.1 Å². The topological polar surface area (TPSA) is 115 Å². The van der Waals surface area contributed by atoms with Gasteiger partial charge in [0.05, 0.1) is 50.1 Å². The molecule has 0 aromatic heterocycles. The molecule has 98 heavy (non-hydrogen) atoms. The number of hydrogen-bond acceptors (Lipinski definition) is 19. The molecule has 0 radical (unpaired) electrons. The predicted octanol–water partition coefficient (Wildman–Crippen LogP) is 24.2. The van der Waals surface area contributed by atoms with Gasteiger partial charge in [-0.05, 0) is 149 Å². The molecule has 0 saturated heterocycles. The van der Waals surface area contributed by atoms with Crippen molar-refractivity contribution in [2.24, 2.45) is 23.7 Å². The molecule has 19 heteroatoms. The van der Waals surface area contributed by atoms with Crippen molar-refractivity contribution >= 4 is 110 Å². The van der Waals surface area contributed by atoms with Gasteiger partial charge in [0.1, 0.15) is 0 Å². The molecule has 4 unspecified atom stereocenters. The molecule has 0 aromatic rings. The summed E-state index contributed by atoms with van der Waals surface area (Å²) in [4.78, 5) is 59.9. The molecule has 0 aliphatic heterocycles. The molecule has 0 aliphatic rings. The number of unbranched alkanes of at least 4 members (excludes halogenated alkanes) is 20. The van der Waals surface area contributed by atoms with Gasteiger partial charge >= 0.3 is 23.9 Å². The summed E-state index contributed by atoms with van der Waals surface area (Å²) in [7, 11) is 18.2. The first kappa shape index (κ1) is 98.6. The molecule has 4 atom stereocenters. The van der Waals surface area contributed by atoms with Crippen LogP contribution in [-0.4, -0.2) is 170 Å². The number of carbonyl (C=O) groups is 4. The van der Waals surface area contributed by atoms with Gasteiger partial charge in [-0.2, -0.15) is 0 Å². The number of ether oxygens (including phenoxy) is 4. The summed E-state index contributed by atoms with van der Waals surface area (Å²) in [6.07, 6.45) is 46.3. The molecule has 0 N–H and O–H groups in total. The lowest BCUT2D eigenvalue weighted by Crippen LogP contribution is -2.34. The number of nitrogens with zero attached hydrogens (tertiary/aromatic N) is 3. The molecule has 0 fully saturated rings. The van der Waals surface area contributed by atoms with E-state index >= 15 is 0 Å². The fraction of sp³-hybridized carbons (Fsp3) is 0.949. The average molecular weight is 1530 g/mol. The first-order valence-corrected chi connectivity index (χ1v) is 50.8. The zero-order chi connectivity index (χ0) is 71.7. The summed E-state index contributed by atoms with van der Waals surface area (Å²) >= 11 is 0. The third kappa shape index (κ3) is 64.9. The van der Waals surface area contributed by atoms with Crippen molar-refractivity contribution in [1.29, 1.82) is 0 Å². The minimum absolute atomic E-state index is 0.0364. The Kier molecular flexibility index (Phi) is 79.1.